The second-order valence-electron chi connectivity index (χ2n) is 0. The van der Waals surface area contributed by atoms with Gasteiger partial charge in [0.1, 0.15) is 0 Å². The van der Waals surface area contributed by atoms with Crippen molar-refractivity contribution in [2.24, 2.45) is 0 Å². The number of rotatable bonds is 0. The maximum atomic E-state index is 0. The van der Waals surface area contributed by atoms with Crippen LogP contribution in [0.5, 0.6) is 0 Å². The van der Waals surface area contributed by atoms with Crippen LogP contribution in [0.4, 0.5) is 0 Å². The Kier molecular flexibility index (Phi) is 4060. The molecule has 0 bridgehead atoms. The van der Waals surface area contributed by atoms with E-state index in [0.717, 1.165) is 0 Å². The summed E-state index contributed by atoms with van der Waals surface area (Å²) >= 11 is 0. The van der Waals surface area contributed by atoms with Gasteiger partial charge in [-0.05, 0) is 0 Å². The number of hydrogen-bond acceptors (Lipinski definition) is 0. The first kappa shape index (κ1) is 201. The summed E-state index contributed by atoms with van der Waals surface area (Å²) in [4.78, 5) is 0. The minimum atomic E-state index is 0. The molecule has 0 aromatic rings. The van der Waals surface area contributed by atoms with Crippen LogP contribution in [0.1, 0.15) is 0 Å². The van der Waals surface area contributed by atoms with Crippen molar-refractivity contribution >= 4 is 0 Å². The van der Waals surface area contributed by atoms with E-state index in [0.29, 0.717) is 0 Å². The fourth-order valence-corrected chi connectivity index (χ4v) is 0. The summed E-state index contributed by atoms with van der Waals surface area (Å²) < 4.78 is 0. The maximum Gasteiger partial charge on any atom is 0 e. The van der Waals surface area contributed by atoms with Crippen LogP contribution < -0.4 is 0 Å². The van der Waals surface area contributed by atoms with E-state index in [2.05, 4.69) is 0 Å². The first-order valence-electron chi connectivity index (χ1n) is 0. The molecular formula is H2IrO3-4. The third-order valence-electron chi connectivity index (χ3n) is 0. The third-order valence-corrected chi connectivity index (χ3v) is 0. The molecule has 0 saturated carbocycles. The van der Waals surface area contributed by atoms with Gasteiger partial charge in [-0.2, -0.15) is 0 Å². The molecular weight excluding hydrogens is 240 g/mol. The predicted octanol–water partition coefficient (Wildman–Crippen LogP) is -1.06. The molecule has 3 nitrogen and oxygen atoms in total. The summed E-state index contributed by atoms with van der Waals surface area (Å²) in [5.41, 5.74) is 0. The summed E-state index contributed by atoms with van der Waals surface area (Å²) in [7, 11) is 0. The molecule has 0 aromatic heterocycles. The van der Waals surface area contributed by atoms with Crippen LogP contribution in [0.15, 0.2) is 0 Å². The molecule has 0 aliphatic carbocycles. The maximum absolute atomic E-state index is 0. The van der Waals surface area contributed by atoms with E-state index in [4.69, 9.17) is 0 Å². The van der Waals surface area contributed by atoms with E-state index in [1.54, 1.807) is 0 Å². The zero-order chi connectivity index (χ0) is 0. The molecule has 0 spiro atoms. The van der Waals surface area contributed by atoms with Crippen molar-refractivity contribution in [2.75, 3.05) is 0 Å². The van der Waals surface area contributed by atoms with Gasteiger partial charge in [-0.25, -0.2) is 0 Å². The Morgan fingerprint density at radius 1 is 0.750 bits per heavy atom. The van der Waals surface area contributed by atoms with Crippen LogP contribution in [0.3, 0.4) is 0 Å². The zero-order valence-corrected chi connectivity index (χ0v) is 4.04. The molecule has 0 saturated heterocycles. The van der Waals surface area contributed by atoms with Crippen molar-refractivity contribution in [2.45, 2.75) is 0 Å². The van der Waals surface area contributed by atoms with Crippen LogP contribution in [-0.2, 0) is 31.1 Å². The largest absolute Gasteiger partial charge is 2.00 e. The molecule has 2 N–H and O–H groups in total. The molecule has 0 rings (SSSR count). The van der Waals surface area contributed by atoms with Gasteiger partial charge in [0.15, 0.2) is 0 Å². The smallest absolute Gasteiger partial charge is 0 e. The Morgan fingerprint density at radius 3 is 0.750 bits per heavy atom. The van der Waals surface area contributed by atoms with Crippen LogP contribution in [-0.4, -0.2) is 5.48 Å². The normalized spacial score (nSPS) is 0. The van der Waals surface area contributed by atoms with Gasteiger partial charge in [0.05, 0.1) is 0 Å². The number of hydrogen-bond donors (Lipinski definition) is 0. The average Bonchev–Trinajstić information content (AvgIpc) is 0. The van der Waals surface area contributed by atoms with Gasteiger partial charge in [0.25, 0.3) is 0 Å². The van der Waals surface area contributed by atoms with Gasteiger partial charge < -0.3 is 16.4 Å². The first-order chi connectivity index (χ1) is 0. The van der Waals surface area contributed by atoms with E-state index < -0.39 is 0 Å². The summed E-state index contributed by atoms with van der Waals surface area (Å²) in [5, 5.41) is 0. The fourth-order valence-electron chi connectivity index (χ4n) is 0. The van der Waals surface area contributed by atoms with Crippen LogP contribution in [0.2, 0.25) is 0 Å². The van der Waals surface area contributed by atoms with E-state index >= 15 is 0 Å². The van der Waals surface area contributed by atoms with Crippen molar-refractivity contribution in [1.29, 1.82) is 0 Å². The molecule has 0 aliphatic heterocycles. The third kappa shape index (κ3) is 21.1. The quantitative estimate of drug-likeness (QED) is 0.518. The summed E-state index contributed by atoms with van der Waals surface area (Å²) in [6.45, 7) is 0. The first-order valence-corrected chi connectivity index (χ1v) is 0. The van der Waals surface area contributed by atoms with Crippen LogP contribution in [0, 0.1) is 0 Å². The van der Waals surface area contributed by atoms with Crippen molar-refractivity contribution in [3.05, 3.63) is 0 Å². The van der Waals surface area contributed by atoms with Crippen LogP contribution in [0.25, 0.3) is 0 Å². The fraction of sp³-hybridized carbons (Fsp3) is 0. The molecule has 4 heteroatoms. The van der Waals surface area contributed by atoms with Crippen molar-refractivity contribution in [3.8, 4) is 0 Å². The van der Waals surface area contributed by atoms with Crippen molar-refractivity contribution < 1.29 is 36.5 Å². The SMILES string of the molecule is O.[Ir].[O-2].[O-2]. The zero-order valence-electron chi connectivity index (χ0n) is 1.65. The van der Waals surface area contributed by atoms with Gasteiger partial charge in [-0.1, -0.05) is 0 Å². The second kappa shape index (κ2) is 80.6. The average molecular weight is 242 g/mol. The minimum Gasteiger partial charge on any atom is -2.00 e. The van der Waals surface area contributed by atoms with E-state index in [1.807, 2.05) is 0 Å². The monoisotopic (exact) mass is 243 g/mol. The molecule has 0 heterocycles. The minimum absolute atomic E-state index is 0. The van der Waals surface area contributed by atoms with Crippen LogP contribution >= 0.6 is 0 Å². The molecule has 0 aliphatic rings. The van der Waals surface area contributed by atoms with Gasteiger partial charge in [0.2, 0.25) is 0 Å². The molecule has 33 valence electrons. The Balaban J connectivity index is 0. The molecule has 0 aromatic carbocycles. The van der Waals surface area contributed by atoms with E-state index in [9.17, 15) is 0 Å². The summed E-state index contributed by atoms with van der Waals surface area (Å²) in [6.07, 6.45) is 0. The molecule has 0 unspecified atom stereocenters. The molecule has 1 radical (unpaired) electrons. The summed E-state index contributed by atoms with van der Waals surface area (Å²) in [5.74, 6) is 0. The molecule has 0 amide bonds. The van der Waals surface area contributed by atoms with Gasteiger partial charge in [-0.15, -0.1) is 0 Å². The van der Waals surface area contributed by atoms with E-state index in [-0.39, 0.29) is 36.5 Å². The predicted molar refractivity (Wildman–Crippen MR) is 4.99 cm³/mol. The standard InChI is InChI=1S/Ir.H2O.2O/h;1H2;;/q;;2*-2. The van der Waals surface area contributed by atoms with E-state index in [1.165, 1.54) is 0 Å². The Morgan fingerprint density at radius 2 is 0.750 bits per heavy atom. The topological polar surface area (TPSA) is 88.5 Å². The Hall–Kier alpha value is 0.529. The van der Waals surface area contributed by atoms with Crippen molar-refractivity contribution in [1.82, 2.24) is 0 Å². The molecule has 4 heavy (non-hydrogen) atoms. The second-order valence-corrected chi connectivity index (χ2v) is 0. The Labute approximate surface area is 37.3 Å². The molecule has 0 fully saturated rings. The van der Waals surface area contributed by atoms with Crippen molar-refractivity contribution in [3.63, 3.8) is 0 Å². The summed E-state index contributed by atoms with van der Waals surface area (Å²) in [6, 6.07) is 0. The molecule has 0 atom stereocenters. The van der Waals surface area contributed by atoms with Gasteiger partial charge in [-0.3, -0.25) is 0 Å². The van der Waals surface area contributed by atoms with Gasteiger partial charge >= 0.3 is 0 Å². The van der Waals surface area contributed by atoms with Gasteiger partial charge in [0, 0.05) is 20.1 Å². The Bertz CT molecular complexity index is 3.25.